The number of fused-ring (bicyclic) bond motifs is 1. The van der Waals surface area contributed by atoms with E-state index >= 15 is 0 Å². The van der Waals surface area contributed by atoms with Crippen LogP contribution in [0.25, 0.3) is 0 Å². The summed E-state index contributed by atoms with van der Waals surface area (Å²) in [4.78, 5) is 36.1. The SMILES string of the molecule is CC(=O)N/C=C/SC1=C(C(=O)[O-])N2C(=O)C(C(C)C)C2C1.[Na+]. The van der Waals surface area contributed by atoms with Gasteiger partial charge in [0.1, 0.15) is 0 Å². The van der Waals surface area contributed by atoms with Crippen molar-refractivity contribution < 1.29 is 49.0 Å². The molecule has 1 fully saturated rings. The summed E-state index contributed by atoms with van der Waals surface area (Å²) in [5, 5.41) is 15.4. The Balaban J connectivity index is 0.00000242. The third-order valence-corrected chi connectivity index (χ3v) is 4.56. The fourth-order valence-electron chi connectivity index (χ4n) is 2.80. The molecule has 8 heteroatoms. The van der Waals surface area contributed by atoms with Crippen molar-refractivity contribution >= 4 is 29.5 Å². The predicted octanol–water partition coefficient (Wildman–Crippen LogP) is -2.82. The van der Waals surface area contributed by atoms with Crippen LogP contribution in [-0.2, 0) is 14.4 Å². The molecule has 0 aromatic heterocycles. The normalized spacial score (nSPS) is 23.5. The van der Waals surface area contributed by atoms with Crippen LogP contribution in [-0.4, -0.2) is 28.7 Å². The summed E-state index contributed by atoms with van der Waals surface area (Å²) in [6, 6.07) is -0.0814. The number of nitrogens with zero attached hydrogens (tertiary/aromatic N) is 1. The van der Waals surface area contributed by atoms with Crippen LogP contribution in [0, 0.1) is 11.8 Å². The second-order valence-electron chi connectivity index (χ2n) is 5.43. The van der Waals surface area contributed by atoms with E-state index in [0.717, 1.165) is 0 Å². The number of aliphatic carboxylic acids is 1. The number of carbonyl (C=O) groups is 3. The summed E-state index contributed by atoms with van der Waals surface area (Å²) in [6.45, 7) is 5.30. The van der Waals surface area contributed by atoms with E-state index in [1.54, 1.807) is 5.41 Å². The average Bonchev–Trinajstić information content (AvgIpc) is 2.68. The molecule has 2 aliphatic heterocycles. The van der Waals surface area contributed by atoms with Gasteiger partial charge in [0, 0.05) is 24.4 Å². The smallest absolute Gasteiger partial charge is 0.543 e. The standard InChI is InChI=1S/C14H18N2O4S.Na/c1-7(2)11-9-6-10(21-5-4-15-8(3)17)12(14(19)20)16(9)13(11)18;/h4-5,7,9,11H,6H2,1-3H3,(H,15,17)(H,19,20);/q;+1/p-1/b5-4+;. The molecule has 0 aliphatic carbocycles. The topological polar surface area (TPSA) is 89.5 Å². The Hall–Kier alpha value is -0.760. The van der Waals surface area contributed by atoms with Gasteiger partial charge in [0.25, 0.3) is 0 Å². The molecular formula is C14H17N2NaO4S. The van der Waals surface area contributed by atoms with Gasteiger partial charge in [0.2, 0.25) is 11.8 Å². The Kier molecular flexibility index (Phi) is 6.73. The quantitative estimate of drug-likeness (QED) is 0.433. The molecule has 2 unspecified atom stereocenters. The second-order valence-corrected chi connectivity index (χ2v) is 6.43. The number of hydrogen-bond donors (Lipinski definition) is 1. The number of amides is 2. The van der Waals surface area contributed by atoms with Gasteiger partial charge >= 0.3 is 29.6 Å². The van der Waals surface area contributed by atoms with Crippen molar-refractivity contribution in [3.05, 3.63) is 22.2 Å². The number of rotatable bonds is 5. The summed E-state index contributed by atoms with van der Waals surface area (Å²) >= 11 is 1.20. The van der Waals surface area contributed by atoms with E-state index in [1.165, 1.54) is 29.8 Å². The fourth-order valence-corrected chi connectivity index (χ4v) is 3.66. The van der Waals surface area contributed by atoms with Gasteiger partial charge in [-0.05, 0) is 11.3 Å². The van der Waals surface area contributed by atoms with E-state index in [2.05, 4.69) is 5.32 Å². The van der Waals surface area contributed by atoms with Gasteiger partial charge in [-0.2, -0.15) is 0 Å². The van der Waals surface area contributed by atoms with Crippen molar-refractivity contribution in [2.75, 3.05) is 0 Å². The van der Waals surface area contributed by atoms with Gasteiger partial charge in [0.15, 0.2) is 0 Å². The molecule has 0 bridgehead atoms. The van der Waals surface area contributed by atoms with Crippen LogP contribution >= 0.6 is 11.8 Å². The molecule has 6 nitrogen and oxygen atoms in total. The van der Waals surface area contributed by atoms with E-state index in [-0.39, 0.29) is 64.9 Å². The van der Waals surface area contributed by atoms with E-state index in [0.29, 0.717) is 11.3 Å². The molecular weight excluding hydrogens is 315 g/mol. The van der Waals surface area contributed by atoms with Crippen LogP contribution in [0.1, 0.15) is 27.2 Å². The van der Waals surface area contributed by atoms with Crippen molar-refractivity contribution in [1.82, 2.24) is 10.2 Å². The second kappa shape index (κ2) is 7.68. The molecule has 114 valence electrons. The Morgan fingerprint density at radius 3 is 2.59 bits per heavy atom. The molecule has 0 spiro atoms. The zero-order valence-corrected chi connectivity index (χ0v) is 15.9. The zero-order valence-electron chi connectivity index (χ0n) is 13.1. The number of thioether (sulfide) groups is 1. The van der Waals surface area contributed by atoms with E-state index in [9.17, 15) is 19.5 Å². The number of hydrogen-bond acceptors (Lipinski definition) is 5. The van der Waals surface area contributed by atoms with Crippen LogP contribution in [0.4, 0.5) is 0 Å². The van der Waals surface area contributed by atoms with E-state index in [4.69, 9.17) is 0 Å². The van der Waals surface area contributed by atoms with Crippen LogP contribution in [0.3, 0.4) is 0 Å². The first-order valence-electron chi connectivity index (χ1n) is 6.71. The predicted molar refractivity (Wildman–Crippen MR) is 76.2 cm³/mol. The molecule has 1 saturated heterocycles. The summed E-state index contributed by atoms with van der Waals surface area (Å²) in [6.07, 6.45) is 1.97. The first kappa shape index (κ1) is 19.3. The van der Waals surface area contributed by atoms with Crippen molar-refractivity contribution in [3.8, 4) is 0 Å². The summed E-state index contributed by atoms with van der Waals surface area (Å²) < 4.78 is 0. The number of nitrogens with one attached hydrogen (secondary N) is 1. The maximum Gasteiger partial charge on any atom is 1.00 e. The van der Waals surface area contributed by atoms with Crippen molar-refractivity contribution in [2.24, 2.45) is 11.8 Å². The molecule has 0 radical (unpaired) electrons. The largest absolute Gasteiger partial charge is 1.00 e. The van der Waals surface area contributed by atoms with Gasteiger partial charge in [-0.1, -0.05) is 25.6 Å². The number of carbonyl (C=O) groups excluding carboxylic acids is 3. The average molecular weight is 332 g/mol. The maximum atomic E-state index is 12.1. The molecule has 0 aromatic rings. The van der Waals surface area contributed by atoms with Crippen molar-refractivity contribution in [1.29, 1.82) is 0 Å². The van der Waals surface area contributed by atoms with Gasteiger partial charge in [-0.25, -0.2) is 0 Å². The molecule has 2 amide bonds. The Morgan fingerprint density at radius 2 is 2.09 bits per heavy atom. The summed E-state index contributed by atoms with van der Waals surface area (Å²) in [5.74, 6) is -1.62. The van der Waals surface area contributed by atoms with Gasteiger partial charge in [0.05, 0.1) is 23.6 Å². The first-order valence-corrected chi connectivity index (χ1v) is 7.59. The van der Waals surface area contributed by atoms with Crippen LogP contribution in [0.15, 0.2) is 22.2 Å². The van der Waals surface area contributed by atoms with Crippen LogP contribution < -0.4 is 40.0 Å². The number of β-lactam (4-membered cyclic amide) rings is 1. The van der Waals surface area contributed by atoms with Crippen molar-refractivity contribution in [2.45, 2.75) is 33.2 Å². The molecule has 1 N–H and O–H groups in total. The van der Waals surface area contributed by atoms with E-state index < -0.39 is 5.97 Å². The summed E-state index contributed by atoms with van der Waals surface area (Å²) in [5.41, 5.74) is -0.0284. The minimum Gasteiger partial charge on any atom is -0.543 e. The molecule has 2 heterocycles. The molecule has 2 aliphatic rings. The molecule has 2 rings (SSSR count). The Morgan fingerprint density at radius 1 is 1.45 bits per heavy atom. The first-order chi connectivity index (χ1) is 9.84. The Labute approximate surface area is 155 Å². The monoisotopic (exact) mass is 332 g/mol. The maximum absolute atomic E-state index is 12.1. The number of carboxylic acids is 1. The minimum atomic E-state index is -1.33. The number of carboxylic acid groups (broad SMARTS) is 1. The van der Waals surface area contributed by atoms with Crippen LogP contribution in [0.5, 0.6) is 0 Å². The third-order valence-electron chi connectivity index (χ3n) is 3.64. The third kappa shape index (κ3) is 3.59. The molecule has 22 heavy (non-hydrogen) atoms. The van der Waals surface area contributed by atoms with Gasteiger partial charge < -0.3 is 20.1 Å². The molecule has 0 saturated carbocycles. The van der Waals surface area contributed by atoms with Crippen LogP contribution in [0.2, 0.25) is 0 Å². The Bertz CT molecular complexity index is 559. The fraction of sp³-hybridized carbons (Fsp3) is 0.500. The van der Waals surface area contributed by atoms with Gasteiger partial charge in [-0.15, -0.1) is 0 Å². The minimum absolute atomic E-state index is 0. The summed E-state index contributed by atoms with van der Waals surface area (Å²) in [7, 11) is 0. The molecule has 2 atom stereocenters. The molecule has 0 aromatic carbocycles. The van der Waals surface area contributed by atoms with E-state index in [1.807, 2.05) is 13.8 Å². The van der Waals surface area contributed by atoms with Crippen molar-refractivity contribution in [3.63, 3.8) is 0 Å². The van der Waals surface area contributed by atoms with Gasteiger partial charge in [-0.3, -0.25) is 9.59 Å². The zero-order chi connectivity index (χ0) is 15.7.